The van der Waals surface area contributed by atoms with Crippen molar-refractivity contribution in [3.8, 4) is 5.75 Å². The van der Waals surface area contributed by atoms with E-state index >= 15 is 0 Å². The summed E-state index contributed by atoms with van der Waals surface area (Å²) in [4.78, 5) is 41.0. The fourth-order valence-electron chi connectivity index (χ4n) is 8.87. The molecule has 0 fully saturated rings. The van der Waals surface area contributed by atoms with Crippen LogP contribution in [-0.2, 0) is 22.4 Å². The van der Waals surface area contributed by atoms with Crippen molar-refractivity contribution < 1.29 is 34.8 Å². The lowest BCUT2D eigenvalue weighted by Gasteiger charge is -2.59. The van der Waals surface area contributed by atoms with Gasteiger partial charge in [0.2, 0.25) is 5.78 Å². The quantitative estimate of drug-likeness (QED) is 0.222. The summed E-state index contributed by atoms with van der Waals surface area (Å²) in [6, 6.07) is 2.02. The normalized spacial score (nSPS) is 29.0. The molecule has 0 bridgehead atoms. The minimum Gasteiger partial charge on any atom is -0.511 e. The number of phenols is 1. The number of hydrogen-bond acceptors (Lipinski definition) is 7. The van der Waals surface area contributed by atoms with Crippen LogP contribution < -0.4 is 0 Å². The molecule has 0 saturated heterocycles. The number of carbonyl (C=O) groups excluding carboxylic acids is 3. The standard InChI is InChI=1S/C36H50O7/c1-10-21(11-2)13-12-14-22-15-23(18(3)4)24-16-34(8)17-35(9)27(19(5)6)30(39)25(20(7)37)32(41)36(35,43)33(42)28(34)31(40)26(24)29(22)38/h15,18-19,21,27,38-39,42-43H,10-14,16-17H2,1-9H3/t27?,34-,35-,36+/m1/s1. The Kier molecular flexibility index (Phi) is 8.60. The van der Waals surface area contributed by atoms with Gasteiger partial charge in [0, 0.05) is 22.3 Å². The zero-order chi connectivity index (χ0) is 32.4. The summed E-state index contributed by atoms with van der Waals surface area (Å²) in [6.07, 6.45) is 5.06. The van der Waals surface area contributed by atoms with Crippen molar-refractivity contribution >= 4 is 17.3 Å². The molecule has 0 heterocycles. The summed E-state index contributed by atoms with van der Waals surface area (Å²) in [5, 5.41) is 47.1. The number of rotatable bonds is 9. The molecule has 43 heavy (non-hydrogen) atoms. The number of benzene rings is 1. The molecular formula is C36H50O7. The molecule has 0 amide bonds. The van der Waals surface area contributed by atoms with E-state index in [0.717, 1.165) is 43.7 Å². The maximum atomic E-state index is 14.5. The number of allylic oxidation sites excluding steroid dienone is 2. The van der Waals surface area contributed by atoms with Crippen molar-refractivity contribution in [1.29, 1.82) is 0 Å². The lowest BCUT2D eigenvalue weighted by Crippen LogP contribution is -2.67. The van der Waals surface area contributed by atoms with E-state index in [1.807, 2.05) is 26.8 Å². The van der Waals surface area contributed by atoms with Gasteiger partial charge in [0.15, 0.2) is 17.2 Å². The first-order chi connectivity index (χ1) is 19.9. The van der Waals surface area contributed by atoms with E-state index in [1.54, 1.807) is 6.92 Å². The Morgan fingerprint density at radius 1 is 1.05 bits per heavy atom. The lowest BCUT2D eigenvalue weighted by molar-refractivity contribution is -0.171. The predicted octanol–water partition coefficient (Wildman–Crippen LogP) is 7.23. The van der Waals surface area contributed by atoms with E-state index in [-0.39, 0.29) is 40.9 Å². The van der Waals surface area contributed by atoms with Crippen molar-refractivity contribution in [1.82, 2.24) is 0 Å². The van der Waals surface area contributed by atoms with E-state index in [0.29, 0.717) is 24.3 Å². The summed E-state index contributed by atoms with van der Waals surface area (Å²) < 4.78 is 0. The van der Waals surface area contributed by atoms with Crippen LogP contribution in [0.4, 0.5) is 0 Å². The van der Waals surface area contributed by atoms with Crippen molar-refractivity contribution in [2.45, 2.75) is 119 Å². The number of carbonyl (C=O) groups is 3. The van der Waals surface area contributed by atoms with Crippen LogP contribution in [0, 0.1) is 28.6 Å². The Hall–Kier alpha value is -2.93. The minimum absolute atomic E-state index is 0.0588. The van der Waals surface area contributed by atoms with E-state index < -0.39 is 51.0 Å². The molecule has 3 aliphatic rings. The van der Waals surface area contributed by atoms with Crippen molar-refractivity contribution in [2.24, 2.45) is 28.6 Å². The summed E-state index contributed by atoms with van der Waals surface area (Å²) in [5.41, 5.74) is -3.16. The molecular weight excluding hydrogens is 544 g/mol. The number of hydrogen-bond donors (Lipinski definition) is 4. The maximum Gasteiger partial charge on any atom is 0.209 e. The highest BCUT2D eigenvalue weighted by Crippen LogP contribution is 2.65. The highest BCUT2D eigenvalue weighted by Gasteiger charge is 2.71. The molecule has 1 unspecified atom stereocenters. The Bertz CT molecular complexity index is 1430. The van der Waals surface area contributed by atoms with Crippen LogP contribution in [0.25, 0.3) is 0 Å². The van der Waals surface area contributed by atoms with Gasteiger partial charge in [-0.05, 0) is 67.1 Å². The SMILES string of the molecule is CCC(CC)CCCc1cc(C(C)C)c2c(c1O)C(=O)C1=C(O)[C@@]3(O)C(=O)C(C(C)=O)=C(O)C(C(C)C)[C@@]3(C)C[C@@]1(C)C2. The van der Waals surface area contributed by atoms with Gasteiger partial charge in [-0.3, -0.25) is 14.4 Å². The molecule has 4 N–H and O–H groups in total. The van der Waals surface area contributed by atoms with Crippen LogP contribution in [0.2, 0.25) is 0 Å². The summed E-state index contributed by atoms with van der Waals surface area (Å²) in [7, 11) is 0. The molecule has 7 nitrogen and oxygen atoms in total. The number of aryl methyl sites for hydroxylation is 1. The van der Waals surface area contributed by atoms with Gasteiger partial charge < -0.3 is 20.4 Å². The number of ketones is 3. The summed E-state index contributed by atoms with van der Waals surface area (Å²) in [5.74, 6) is -4.14. The van der Waals surface area contributed by atoms with Crippen LogP contribution in [0.1, 0.15) is 127 Å². The van der Waals surface area contributed by atoms with Crippen LogP contribution in [0.5, 0.6) is 5.75 Å². The molecule has 4 rings (SSSR count). The second-order valence-corrected chi connectivity index (χ2v) is 14.5. The van der Waals surface area contributed by atoms with Crippen molar-refractivity contribution in [2.75, 3.05) is 0 Å². The maximum absolute atomic E-state index is 14.5. The first kappa shape index (κ1) is 33.0. The van der Waals surface area contributed by atoms with Gasteiger partial charge in [0.05, 0.1) is 5.56 Å². The average molecular weight is 595 g/mol. The van der Waals surface area contributed by atoms with Crippen molar-refractivity contribution in [3.63, 3.8) is 0 Å². The van der Waals surface area contributed by atoms with E-state index in [9.17, 15) is 34.8 Å². The molecule has 236 valence electrons. The fraction of sp³-hybridized carbons (Fsp3) is 0.639. The highest BCUT2D eigenvalue weighted by atomic mass is 16.3. The van der Waals surface area contributed by atoms with Crippen LogP contribution in [0.3, 0.4) is 0 Å². The molecule has 0 aromatic heterocycles. The number of aliphatic hydroxyl groups excluding tert-OH is 2. The first-order valence-electron chi connectivity index (χ1n) is 16.0. The predicted molar refractivity (Wildman–Crippen MR) is 166 cm³/mol. The molecule has 0 spiro atoms. The zero-order valence-corrected chi connectivity index (χ0v) is 27.4. The monoisotopic (exact) mass is 594 g/mol. The molecule has 0 saturated carbocycles. The number of fused-ring (bicyclic) bond motifs is 3. The molecule has 0 radical (unpaired) electrons. The third-order valence-electron chi connectivity index (χ3n) is 11.0. The second-order valence-electron chi connectivity index (χ2n) is 14.5. The Morgan fingerprint density at radius 3 is 2.16 bits per heavy atom. The zero-order valence-electron chi connectivity index (χ0n) is 27.4. The number of aromatic hydroxyl groups is 1. The van der Waals surface area contributed by atoms with Gasteiger partial charge in [-0.25, -0.2) is 0 Å². The molecule has 4 atom stereocenters. The number of Topliss-reactive ketones (excluding diaryl/α,β-unsaturated/α-hetero) is 3. The second kappa shape index (κ2) is 11.2. The lowest BCUT2D eigenvalue weighted by atomic mass is 9.44. The molecule has 1 aromatic carbocycles. The van der Waals surface area contributed by atoms with Gasteiger partial charge in [-0.15, -0.1) is 0 Å². The topological polar surface area (TPSA) is 132 Å². The Balaban J connectivity index is 1.95. The van der Waals surface area contributed by atoms with Crippen LogP contribution in [0.15, 0.2) is 28.7 Å². The average Bonchev–Trinajstić information content (AvgIpc) is 2.89. The Labute approximate surface area is 256 Å². The molecule has 1 aromatic rings. The van der Waals surface area contributed by atoms with Gasteiger partial charge >= 0.3 is 0 Å². The third kappa shape index (κ3) is 4.68. The van der Waals surface area contributed by atoms with Crippen molar-refractivity contribution in [3.05, 3.63) is 51.0 Å². The van der Waals surface area contributed by atoms with E-state index in [1.165, 1.54) is 0 Å². The Morgan fingerprint density at radius 2 is 1.65 bits per heavy atom. The van der Waals surface area contributed by atoms with Gasteiger partial charge in [-0.2, -0.15) is 0 Å². The smallest absolute Gasteiger partial charge is 0.209 e. The third-order valence-corrected chi connectivity index (χ3v) is 11.0. The largest absolute Gasteiger partial charge is 0.511 e. The van der Waals surface area contributed by atoms with Gasteiger partial charge in [0.25, 0.3) is 0 Å². The molecule has 7 heteroatoms. The molecule has 0 aliphatic heterocycles. The highest BCUT2D eigenvalue weighted by molar-refractivity contribution is 6.25. The number of phenolic OH excluding ortho intramolecular Hbond substituents is 1. The molecule has 3 aliphatic carbocycles. The van der Waals surface area contributed by atoms with Crippen LogP contribution in [-0.4, -0.2) is 43.4 Å². The first-order valence-corrected chi connectivity index (χ1v) is 16.0. The van der Waals surface area contributed by atoms with Gasteiger partial charge in [-0.1, -0.05) is 80.7 Å². The van der Waals surface area contributed by atoms with Crippen LogP contribution >= 0.6 is 0 Å². The number of aliphatic hydroxyl groups is 3. The minimum atomic E-state index is -2.60. The summed E-state index contributed by atoms with van der Waals surface area (Å²) in [6.45, 7) is 16.8. The van der Waals surface area contributed by atoms with E-state index in [4.69, 9.17) is 0 Å². The fourth-order valence-corrected chi connectivity index (χ4v) is 8.87. The summed E-state index contributed by atoms with van der Waals surface area (Å²) >= 11 is 0. The van der Waals surface area contributed by atoms with Gasteiger partial charge in [0.1, 0.15) is 22.8 Å². The van der Waals surface area contributed by atoms with E-state index in [2.05, 4.69) is 27.7 Å².